The number of fused-ring (bicyclic) bond motifs is 4. The Balaban J connectivity index is 2.11. The maximum absolute atomic E-state index is 11.2. The number of nitrogens with one attached hydrogen (secondary N) is 1. The van der Waals surface area contributed by atoms with Crippen molar-refractivity contribution in [2.45, 2.75) is 0 Å². The van der Waals surface area contributed by atoms with Gasteiger partial charge in [-0.3, -0.25) is 4.98 Å². The number of H-pyrrole nitrogens is 1. The van der Waals surface area contributed by atoms with Crippen LogP contribution in [0.15, 0.2) is 52.2 Å². The minimum absolute atomic E-state index is 0.468. The fourth-order valence-corrected chi connectivity index (χ4v) is 2.42. The Kier molecular flexibility index (Phi) is 1.82. The maximum Gasteiger partial charge on any atom is 0.417 e. The van der Waals surface area contributed by atoms with Crippen molar-refractivity contribution in [3.8, 4) is 16.9 Å². The van der Waals surface area contributed by atoms with Crippen molar-refractivity contribution in [3.63, 3.8) is 0 Å². The van der Waals surface area contributed by atoms with Gasteiger partial charge in [0.25, 0.3) is 0 Å². The minimum atomic E-state index is -0.468. The van der Waals surface area contributed by atoms with Crippen molar-refractivity contribution >= 4 is 16.9 Å². The molecule has 1 N–H and O–H groups in total. The third-order valence-electron chi connectivity index (χ3n) is 3.27. The lowest BCUT2D eigenvalue weighted by atomic mass is 9.95. The first-order chi connectivity index (χ1) is 9.22. The molecule has 0 atom stereocenters. The molecular formula is C15H9NO3. The van der Waals surface area contributed by atoms with Crippen molar-refractivity contribution in [2.24, 2.45) is 0 Å². The van der Waals surface area contributed by atoms with E-state index in [0.717, 1.165) is 16.7 Å². The molecule has 2 aromatic carbocycles. The predicted molar refractivity (Wildman–Crippen MR) is 71.9 cm³/mol. The van der Waals surface area contributed by atoms with Crippen LogP contribution in [0, 0.1) is 0 Å². The van der Waals surface area contributed by atoms with E-state index in [-0.39, 0.29) is 0 Å². The second-order valence-electron chi connectivity index (χ2n) is 4.43. The third kappa shape index (κ3) is 1.37. The monoisotopic (exact) mass is 251 g/mol. The number of benzene rings is 2. The second-order valence-corrected chi connectivity index (χ2v) is 4.43. The molecule has 0 amide bonds. The Hall–Kier alpha value is -2.75. The van der Waals surface area contributed by atoms with Crippen LogP contribution in [0.3, 0.4) is 0 Å². The maximum atomic E-state index is 11.2. The topological polar surface area (TPSA) is 55.2 Å². The van der Waals surface area contributed by atoms with Crippen LogP contribution in [0.1, 0.15) is 5.56 Å². The summed E-state index contributed by atoms with van der Waals surface area (Å²) in [7, 11) is 0. The van der Waals surface area contributed by atoms with Gasteiger partial charge in [-0.2, -0.15) is 0 Å². The van der Waals surface area contributed by atoms with Crippen molar-refractivity contribution in [3.05, 3.63) is 59.1 Å². The van der Waals surface area contributed by atoms with Crippen molar-refractivity contribution < 1.29 is 9.15 Å². The third-order valence-corrected chi connectivity index (χ3v) is 3.27. The number of oxazole rings is 1. The highest BCUT2D eigenvalue weighted by atomic mass is 16.5. The molecule has 3 aromatic rings. The molecule has 0 unspecified atom stereocenters. The number of aromatic amines is 1. The molecule has 2 heterocycles. The summed E-state index contributed by atoms with van der Waals surface area (Å²) in [5.41, 5.74) is 4.02. The van der Waals surface area contributed by atoms with E-state index < -0.39 is 5.76 Å². The van der Waals surface area contributed by atoms with Crippen LogP contribution in [0.5, 0.6) is 5.75 Å². The number of aromatic nitrogens is 1. The summed E-state index contributed by atoms with van der Waals surface area (Å²) in [6.07, 6.45) is 0. The summed E-state index contributed by atoms with van der Waals surface area (Å²) in [6, 6.07) is 11.4. The zero-order chi connectivity index (χ0) is 13.0. The average Bonchev–Trinajstić information content (AvgIpc) is 2.76. The van der Waals surface area contributed by atoms with Crippen molar-refractivity contribution in [1.29, 1.82) is 0 Å². The lowest BCUT2D eigenvalue weighted by molar-refractivity contribution is 0.513. The molecule has 4 rings (SSSR count). The van der Waals surface area contributed by atoms with Gasteiger partial charge in [-0.25, -0.2) is 4.79 Å². The fraction of sp³-hybridized carbons (Fsp3) is 0. The van der Waals surface area contributed by atoms with Gasteiger partial charge in [0, 0.05) is 17.2 Å². The van der Waals surface area contributed by atoms with Gasteiger partial charge < -0.3 is 9.15 Å². The van der Waals surface area contributed by atoms with E-state index >= 15 is 0 Å². The van der Waals surface area contributed by atoms with Gasteiger partial charge in [0.1, 0.15) is 11.5 Å². The van der Waals surface area contributed by atoms with Gasteiger partial charge >= 0.3 is 5.76 Å². The molecule has 0 aliphatic carbocycles. The molecule has 1 aliphatic heterocycles. The van der Waals surface area contributed by atoms with E-state index in [9.17, 15) is 4.79 Å². The number of rotatable bonds is 0. The lowest BCUT2D eigenvalue weighted by Crippen LogP contribution is -2.03. The Morgan fingerprint density at radius 2 is 1.84 bits per heavy atom. The van der Waals surface area contributed by atoms with Crippen LogP contribution in [0.4, 0.5) is 0 Å². The molecule has 0 saturated carbocycles. The first kappa shape index (κ1) is 10.2. The normalized spacial score (nSPS) is 12.9. The summed E-state index contributed by atoms with van der Waals surface area (Å²) in [4.78, 5) is 13.8. The molecule has 1 aliphatic rings. The van der Waals surface area contributed by atoms with E-state index in [1.807, 2.05) is 30.3 Å². The quantitative estimate of drug-likeness (QED) is 0.667. The molecule has 0 fully saturated rings. The van der Waals surface area contributed by atoms with Gasteiger partial charge in [-0.15, -0.1) is 0 Å². The van der Waals surface area contributed by atoms with Crippen molar-refractivity contribution in [2.75, 3.05) is 0 Å². The first-order valence-electron chi connectivity index (χ1n) is 5.86. The highest BCUT2D eigenvalue weighted by Gasteiger charge is 2.21. The van der Waals surface area contributed by atoms with Crippen LogP contribution >= 0.6 is 0 Å². The van der Waals surface area contributed by atoms with E-state index in [0.29, 0.717) is 22.6 Å². The smallest absolute Gasteiger partial charge is 0.417 e. The van der Waals surface area contributed by atoms with E-state index in [2.05, 4.69) is 11.6 Å². The van der Waals surface area contributed by atoms with Crippen LogP contribution in [0.2, 0.25) is 0 Å². The first-order valence-corrected chi connectivity index (χ1v) is 5.86. The summed E-state index contributed by atoms with van der Waals surface area (Å²) >= 11 is 0. The standard InChI is InChI=1S/C15H9NO3/c1-8-9-4-2-3-5-10(9)11-6-14-12(7-13(11)18-8)16-15(17)19-14/h2-7H,1H2,(H,16,17). The van der Waals surface area contributed by atoms with Crippen LogP contribution < -0.4 is 10.5 Å². The molecule has 4 nitrogen and oxygen atoms in total. The lowest BCUT2D eigenvalue weighted by Gasteiger charge is -2.21. The Bertz CT molecular complexity index is 886. The second kappa shape index (κ2) is 3.38. The summed E-state index contributed by atoms with van der Waals surface area (Å²) in [5.74, 6) is 0.811. The SMILES string of the molecule is C=C1Oc2cc3[nH]c(=O)oc3cc2-c2ccccc21. The molecule has 0 saturated heterocycles. The molecule has 0 radical (unpaired) electrons. The molecule has 1 aromatic heterocycles. The number of hydrogen-bond acceptors (Lipinski definition) is 3. The molecule has 0 spiro atoms. The molecule has 19 heavy (non-hydrogen) atoms. The molecule has 4 heteroatoms. The van der Waals surface area contributed by atoms with Crippen LogP contribution in [-0.4, -0.2) is 4.98 Å². The molecular weight excluding hydrogens is 242 g/mol. The van der Waals surface area contributed by atoms with E-state index in [1.54, 1.807) is 6.07 Å². The van der Waals surface area contributed by atoms with E-state index in [4.69, 9.17) is 9.15 Å². The zero-order valence-corrected chi connectivity index (χ0v) is 9.90. The van der Waals surface area contributed by atoms with E-state index in [1.165, 1.54) is 0 Å². The van der Waals surface area contributed by atoms with Gasteiger partial charge in [0.15, 0.2) is 5.58 Å². The molecule has 92 valence electrons. The van der Waals surface area contributed by atoms with Crippen LogP contribution in [-0.2, 0) is 0 Å². The van der Waals surface area contributed by atoms with Crippen LogP contribution in [0.25, 0.3) is 28.0 Å². The summed E-state index contributed by atoms with van der Waals surface area (Å²) < 4.78 is 10.8. The summed E-state index contributed by atoms with van der Waals surface area (Å²) in [6.45, 7) is 3.92. The van der Waals surface area contributed by atoms with Gasteiger partial charge in [-0.05, 0) is 11.6 Å². The Morgan fingerprint density at radius 3 is 2.68 bits per heavy atom. The van der Waals surface area contributed by atoms with Gasteiger partial charge in [0.05, 0.1) is 5.52 Å². The Labute approximate surface area is 107 Å². The average molecular weight is 251 g/mol. The zero-order valence-electron chi connectivity index (χ0n) is 9.90. The highest BCUT2D eigenvalue weighted by Crippen LogP contribution is 2.42. The largest absolute Gasteiger partial charge is 0.457 e. The number of hydrogen-bond donors (Lipinski definition) is 1. The summed E-state index contributed by atoms with van der Waals surface area (Å²) in [5, 5.41) is 0. The fourth-order valence-electron chi connectivity index (χ4n) is 2.42. The number of ether oxygens (including phenoxy) is 1. The van der Waals surface area contributed by atoms with Crippen molar-refractivity contribution in [1.82, 2.24) is 4.98 Å². The molecule has 0 bridgehead atoms. The van der Waals surface area contributed by atoms with Gasteiger partial charge in [0.2, 0.25) is 0 Å². The Morgan fingerprint density at radius 1 is 1.05 bits per heavy atom. The van der Waals surface area contributed by atoms with Gasteiger partial charge in [-0.1, -0.05) is 30.8 Å². The predicted octanol–water partition coefficient (Wildman–Crippen LogP) is 3.15. The highest BCUT2D eigenvalue weighted by molar-refractivity contribution is 5.92. The minimum Gasteiger partial charge on any atom is -0.457 e.